The third-order valence-corrected chi connectivity index (χ3v) is 5.25. The monoisotopic (exact) mass is 389 g/mol. The lowest BCUT2D eigenvalue weighted by molar-refractivity contribution is -0.131. The number of benzene rings is 1. The van der Waals surface area contributed by atoms with Gasteiger partial charge < -0.3 is 23.8 Å². The van der Waals surface area contributed by atoms with Crippen molar-refractivity contribution in [1.82, 2.24) is 4.90 Å². The smallest absolute Gasteiger partial charge is 0.246 e. The van der Waals surface area contributed by atoms with Crippen LogP contribution in [0.3, 0.4) is 0 Å². The van der Waals surface area contributed by atoms with Crippen LogP contribution in [0.2, 0.25) is 0 Å². The molecule has 2 fully saturated rings. The molecular formula is C22H31NO5. The minimum atomic E-state index is -0.0849. The average Bonchev–Trinajstić information content (AvgIpc) is 3.28. The number of amides is 1. The van der Waals surface area contributed by atoms with Gasteiger partial charge in [-0.25, -0.2) is 0 Å². The SMILES string of the molecule is CCCCOc1ccc(/C=C/C(=O)N2CCC(C3OCCO3)CC2)cc1OC. The fraction of sp³-hybridized carbons (Fsp3) is 0.591. The molecule has 1 aromatic rings. The van der Waals surface area contributed by atoms with E-state index in [2.05, 4.69) is 6.92 Å². The zero-order valence-corrected chi connectivity index (χ0v) is 16.9. The zero-order valence-electron chi connectivity index (χ0n) is 16.9. The van der Waals surface area contributed by atoms with Crippen LogP contribution in [0.1, 0.15) is 38.2 Å². The molecule has 1 aromatic carbocycles. The van der Waals surface area contributed by atoms with Gasteiger partial charge in [-0.2, -0.15) is 0 Å². The van der Waals surface area contributed by atoms with Crippen LogP contribution in [0.15, 0.2) is 24.3 Å². The minimum Gasteiger partial charge on any atom is -0.493 e. The van der Waals surface area contributed by atoms with Crippen molar-refractivity contribution < 1.29 is 23.7 Å². The highest BCUT2D eigenvalue weighted by Gasteiger charge is 2.31. The van der Waals surface area contributed by atoms with E-state index in [0.29, 0.717) is 31.5 Å². The van der Waals surface area contributed by atoms with Crippen molar-refractivity contribution >= 4 is 12.0 Å². The summed E-state index contributed by atoms with van der Waals surface area (Å²) in [6, 6.07) is 5.73. The van der Waals surface area contributed by atoms with Gasteiger partial charge in [0.05, 0.1) is 26.9 Å². The third-order valence-electron chi connectivity index (χ3n) is 5.25. The van der Waals surface area contributed by atoms with Crippen LogP contribution in [-0.4, -0.2) is 57.1 Å². The van der Waals surface area contributed by atoms with Crippen molar-refractivity contribution in [3.63, 3.8) is 0 Å². The molecule has 0 unspecified atom stereocenters. The summed E-state index contributed by atoms with van der Waals surface area (Å²) < 4.78 is 22.4. The molecule has 154 valence electrons. The second-order valence-electron chi connectivity index (χ2n) is 7.22. The van der Waals surface area contributed by atoms with Crippen LogP contribution in [0, 0.1) is 5.92 Å². The number of likely N-dealkylation sites (tertiary alicyclic amines) is 1. The fourth-order valence-electron chi connectivity index (χ4n) is 3.55. The van der Waals surface area contributed by atoms with E-state index in [1.807, 2.05) is 29.2 Å². The van der Waals surface area contributed by atoms with Crippen LogP contribution >= 0.6 is 0 Å². The van der Waals surface area contributed by atoms with Gasteiger partial charge in [0.1, 0.15) is 0 Å². The summed E-state index contributed by atoms with van der Waals surface area (Å²) in [5.41, 5.74) is 0.913. The molecule has 6 heteroatoms. The molecule has 2 aliphatic heterocycles. The van der Waals surface area contributed by atoms with Gasteiger partial charge in [0.15, 0.2) is 17.8 Å². The molecule has 1 amide bonds. The number of carbonyl (C=O) groups is 1. The standard InChI is InChI=1S/C22H31NO5/c1-3-4-13-26-19-7-5-17(16-20(19)25-2)6-8-21(24)23-11-9-18(10-12-23)22-27-14-15-28-22/h5-8,16,18,22H,3-4,9-15H2,1-2H3/b8-6+. The minimum absolute atomic E-state index is 0.0361. The number of hydrogen-bond acceptors (Lipinski definition) is 5. The first-order chi connectivity index (χ1) is 13.7. The number of unbranched alkanes of at least 4 members (excludes halogenated alkanes) is 1. The largest absolute Gasteiger partial charge is 0.493 e. The van der Waals surface area contributed by atoms with Crippen LogP contribution in [0.25, 0.3) is 6.08 Å². The average molecular weight is 389 g/mol. The molecule has 2 heterocycles. The number of rotatable bonds is 8. The maximum Gasteiger partial charge on any atom is 0.246 e. The highest BCUT2D eigenvalue weighted by Crippen LogP contribution is 2.29. The van der Waals surface area contributed by atoms with Crippen molar-refractivity contribution in [3.8, 4) is 11.5 Å². The fourth-order valence-corrected chi connectivity index (χ4v) is 3.55. The van der Waals surface area contributed by atoms with E-state index in [1.165, 1.54) is 0 Å². The van der Waals surface area contributed by atoms with Crippen LogP contribution < -0.4 is 9.47 Å². The summed E-state index contributed by atoms with van der Waals surface area (Å²) in [4.78, 5) is 14.4. The van der Waals surface area contributed by atoms with E-state index in [9.17, 15) is 4.79 Å². The molecule has 0 bridgehead atoms. The molecule has 2 saturated heterocycles. The normalized spacial score (nSPS) is 18.7. The van der Waals surface area contributed by atoms with E-state index in [0.717, 1.165) is 50.1 Å². The molecule has 0 aliphatic carbocycles. The van der Waals surface area contributed by atoms with Crippen LogP contribution in [-0.2, 0) is 14.3 Å². The van der Waals surface area contributed by atoms with Gasteiger partial charge in [-0.15, -0.1) is 0 Å². The Kier molecular flexibility index (Phi) is 7.74. The van der Waals surface area contributed by atoms with E-state index < -0.39 is 0 Å². The number of hydrogen-bond donors (Lipinski definition) is 0. The highest BCUT2D eigenvalue weighted by molar-refractivity contribution is 5.91. The summed E-state index contributed by atoms with van der Waals surface area (Å²) >= 11 is 0. The predicted octanol–water partition coefficient (Wildman–Crippen LogP) is 3.50. The number of ether oxygens (including phenoxy) is 4. The first-order valence-electron chi connectivity index (χ1n) is 10.2. The first-order valence-corrected chi connectivity index (χ1v) is 10.2. The summed E-state index contributed by atoms with van der Waals surface area (Å²) in [5.74, 6) is 1.84. The maximum atomic E-state index is 12.5. The summed E-state index contributed by atoms with van der Waals surface area (Å²) in [5, 5.41) is 0. The second kappa shape index (κ2) is 10.5. The van der Waals surface area contributed by atoms with Gasteiger partial charge in [0.25, 0.3) is 0 Å². The highest BCUT2D eigenvalue weighted by atomic mass is 16.7. The molecule has 0 aromatic heterocycles. The second-order valence-corrected chi connectivity index (χ2v) is 7.22. The number of piperidine rings is 1. The van der Waals surface area contributed by atoms with Crippen LogP contribution in [0.5, 0.6) is 11.5 Å². The Morgan fingerprint density at radius 2 is 1.96 bits per heavy atom. The van der Waals surface area contributed by atoms with Gasteiger partial charge >= 0.3 is 0 Å². The Labute approximate surface area is 167 Å². The Morgan fingerprint density at radius 1 is 1.21 bits per heavy atom. The Morgan fingerprint density at radius 3 is 2.64 bits per heavy atom. The lowest BCUT2D eigenvalue weighted by atomic mass is 9.96. The zero-order chi connectivity index (χ0) is 19.8. The maximum absolute atomic E-state index is 12.5. The third kappa shape index (κ3) is 5.49. The number of carbonyl (C=O) groups excluding carboxylic acids is 1. The molecule has 0 N–H and O–H groups in total. The Bertz CT molecular complexity index is 661. The van der Waals surface area contributed by atoms with Crippen molar-refractivity contribution in [3.05, 3.63) is 29.8 Å². The predicted molar refractivity (Wildman–Crippen MR) is 107 cm³/mol. The number of nitrogens with zero attached hydrogens (tertiary/aromatic N) is 1. The van der Waals surface area contributed by atoms with E-state index in [1.54, 1.807) is 13.2 Å². The van der Waals surface area contributed by atoms with Crippen molar-refractivity contribution in [2.75, 3.05) is 40.0 Å². The summed E-state index contributed by atoms with van der Waals surface area (Å²) in [7, 11) is 1.63. The Hall–Kier alpha value is -2.05. The van der Waals surface area contributed by atoms with Crippen molar-refractivity contribution in [2.45, 2.75) is 38.9 Å². The molecule has 0 radical (unpaired) electrons. The summed E-state index contributed by atoms with van der Waals surface area (Å²) in [6.45, 7) is 5.64. The van der Waals surface area contributed by atoms with E-state index in [4.69, 9.17) is 18.9 Å². The molecule has 6 nitrogen and oxygen atoms in total. The first kappa shape index (κ1) is 20.7. The van der Waals surface area contributed by atoms with Gasteiger partial charge in [-0.3, -0.25) is 4.79 Å². The van der Waals surface area contributed by atoms with Gasteiger partial charge in [0.2, 0.25) is 5.91 Å². The van der Waals surface area contributed by atoms with E-state index >= 15 is 0 Å². The molecule has 3 rings (SSSR count). The van der Waals surface area contributed by atoms with Crippen molar-refractivity contribution in [2.24, 2.45) is 5.92 Å². The van der Waals surface area contributed by atoms with E-state index in [-0.39, 0.29) is 12.2 Å². The molecular weight excluding hydrogens is 358 g/mol. The summed E-state index contributed by atoms with van der Waals surface area (Å²) in [6.07, 6.45) is 7.31. The topological polar surface area (TPSA) is 57.2 Å². The van der Waals surface area contributed by atoms with Gasteiger partial charge in [-0.05, 0) is 43.0 Å². The molecule has 0 saturated carbocycles. The lowest BCUT2D eigenvalue weighted by Crippen LogP contribution is -2.40. The molecule has 28 heavy (non-hydrogen) atoms. The molecule has 0 atom stereocenters. The van der Waals surface area contributed by atoms with Crippen molar-refractivity contribution in [1.29, 1.82) is 0 Å². The van der Waals surface area contributed by atoms with Gasteiger partial charge in [-0.1, -0.05) is 19.4 Å². The quantitative estimate of drug-likeness (QED) is 0.503. The molecule has 0 spiro atoms. The van der Waals surface area contributed by atoms with Crippen LogP contribution in [0.4, 0.5) is 0 Å². The van der Waals surface area contributed by atoms with Gasteiger partial charge in [0, 0.05) is 25.1 Å². The lowest BCUT2D eigenvalue weighted by Gasteiger charge is -2.33. The molecule has 2 aliphatic rings. The number of methoxy groups -OCH3 is 1. The Balaban J connectivity index is 1.52.